The van der Waals surface area contributed by atoms with Crippen LogP contribution in [0.4, 0.5) is 0 Å². The summed E-state index contributed by atoms with van der Waals surface area (Å²) in [7, 11) is -8.47. The molecule has 2 aromatic rings. The molecule has 0 atom stereocenters. The van der Waals surface area contributed by atoms with E-state index >= 15 is 0 Å². The van der Waals surface area contributed by atoms with E-state index in [0.717, 1.165) is 6.08 Å². The van der Waals surface area contributed by atoms with E-state index < -0.39 is 20.0 Å². The van der Waals surface area contributed by atoms with E-state index in [9.17, 15) is 21.6 Å². The van der Waals surface area contributed by atoms with Crippen LogP contribution >= 0.6 is 0 Å². The van der Waals surface area contributed by atoms with Crippen molar-refractivity contribution in [1.29, 1.82) is 0 Å². The van der Waals surface area contributed by atoms with Crippen molar-refractivity contribution in [2.75, 3.05) is 0 Å². The Morgan fingerprint density at radius 3 is 1.92 bits per heavy atom. The molecule has 2 rings (SSSR count). The first-order valence-corrected chi connectivity index (χ1v) is 10.0. The molecule has 0 unspecified atom stereocenters. The van der Waals surface area contributed by atoms with Crippen LogP contribution in [0.3, 0.4) is 0 Å². The van der Waals surface area contributed by atoms with Gasteiger partial charge in [-0.25, -0.2) is 16.8 Å². The number of carbonyl (C=O) groups is 1. The van der Waals surface area contributed by atoms with Crippen molar-refractivity contribution < 1.29 is 21.6 Å². The van der Waals surface area contributed by atoms with Gasteiger partial charge in [0.1, 0.15) is 0 Å². The van der Waals surface area contributed by atoms with Crippen LogP contribution in [-0.2, 0) is 31.4 Å². The summed E-state index contributed by atoms with van der Waals surface area (Å²) >= 11 is 0. The highest BCUT2D eigenvalue weighted by Crippen LogP contribution is 2.15. The van der Waals surface area contributed by atoms with E-state index in [-0.39, 0.29) is 22.2 Å². The molecular weight excluding hydrogens is 364 g/mol. The Hall–Kier alpha value is -2.49. The number of hydrogen-bond acceptors (Lipinski definition) is 5. The molecule has 0 aromatic heterocycles. The van der Waals surface area contributed by atoms with Crippen LogP contribution in [0.2, 0.25) is 0 Å². The van der Waals surface area contributed by atoms with Crippen molar-refractivity contribution in [1.82, 2.24) is 9.44 Å². The van der Waals surface area contributed by atoms with Gasteiger partial charge in [0.2, 0.25) is 5.91 Å². The first-order valence-electron chi connectivity index (χ1n) is 7.07. The van der Waals surface area contributed by atoms with Crippen LogP contribution in [0.15, 0.2) is 77.0 Å². The molecule has 2 N–H and O–H groups in total. The lowest BCUT2D eigenvalue weighted by Gasteiger charge is -2.09. The van der Waals surface area contributed by atoms with E-state index in [1.54, 1.807) is 10.2 Å². The van der Waals surface area contributed by atoms with Gasteiger partial charge >= 0.3 is 0 Å². The average molecular weight is 380 g/mol. The first kappa shape index (κ1) is 18.8. The minimum absolute atomic E-state index is 0.151. The van der Waals surface area contributed by atoms with Gasteiger partial charge in [0.15, 0.2) is 0 Å². The van der Waals surface area contributed by atoms with E-state index in [4.69, 9.17) is 0 Å². The molecule has 0 aliphatic carbocycles. The van der Waals surface area contributed by atoms with Gasteiger partial charge < -0.3 is 5.32 Å². The third kappa shape index (κ3) is 4.99. The highest BCUT2D eigenvalue weighted by atomic mass is 32.3. The lowest BCUT2D eigenvalue weighted by molar-refractivity contribution is -0.116. The van der Waals surface area contributed by atoms with Gasteiger partial charge in [-0.1, -0.05) is 36.9 Å². The van der Waals surface area contributed by atoms with Gasteiger partial charge in [-0.3, -0.25) is 4.79 Å². The predicted octanol–water partition coefficient (Wildman–Crippen LogP) is 1.16. The van der Waals surface area contributed by atoms with Crippen LogP contribution in [0.1, 0.15) is 5.56 Å². The Kier molecular flexibility index (Phi) is 5.73. The maximum Gasteiger partial charge on any atom is 0.253 e. The van der Waals surface area contributed by atoms with Crippen molar-refractivity contribution >= 4 is 26.0 Å². The van der Waals surface area contributed by atoms with Crippen molar-refractivity contribution in [2.45, 2.75) is 16.3 Å². The van der Waals surface area contributed by atoms with Gasteiger partial charge in [0.05, 0.1) is 9.79 Å². The quantitative estimate of drug-likeness (QED) is 0.701. The summed E-state index contributed by atoms with van der Waals surface area (Å²) < 4.78 is 50.6. The predicted molar refractivity (Wildman–Crippen MR) is 92.4 cm³/mol. The van der Waals surface area contributed by atoms with E-state index in [1.807, 2.05) is 0 Å². The summed E-state index contributed by atoms with van der Waals surface area (Å²) in [4.78, 5) is 10.7. The number of nitrogens with one attached hydrogen (secondary N) is 2. The van der Waals surface area contributed by atoms with Crippen molar-refractivity contribution in [3.63, 3.8) is 0 Å². The van der Waals surface area contributed by atoms with Crippen molar-refractivity contribution in [3.8, 4) is 0 Å². The first-order chi connectivity index (χ1) is 11.7. The highest BCUT2D eigenvalue weighted by molar-refractivity contribution is 8.04. The largest absolute Gasteiger partial charge is 0.348 e. The number of hydrogen-bond donors (Lipinski definition) is 2. The summed E-state index contributed by atoms with van der Waals surface area (Å²) in [6.07, 6.45) is 1.12. The minimum atomic E-state index is -4.26. The fourth-order valence-corrected chi connectivity index (χ4v) is 4.82. The van der Waals surface area contributed by atoms with Gasteiger partial charge in [-0.2, -0.15) is 0 Å². The highest BCUT2D eigenvalue weighted by Gasteiger charge is 2.24. The molecule has 132 valence electrons. The molecule has 0 fully saturated rings. The summed E-state index contributed by atoms with van der Waals surface area (Å²) in [5, 5.41) is 2.55. The molecule has 0 heterocycles. The Labute approximate surface area is 146 Å². The summed E-state index contributed by atoms with van der Waals surface area (Å²) in [6, 6.07) is 12.7. The number of carbonyl (C=O) groups excluding carboxylic acids is 1. The molecule has 0 aliphatic rings. The van der Waals surface area contributed by atoms with Crippen molar-refractivity contribution in [3.05, 3.63) is 72.8 Å². The Morgan fingerprint density at radius 2 is 1.40 bits per heavy atom. The van der Waals surface area contributed by atoms with Crippen molar-refractivity contribution in [2.24, 2.45) is 0 Å². The fraction of sp³-hybridized carbons (Fsp3) is 0.0625. The SMILES string of the molecule is C=CC(=O)NCc1ccc(S(=O)(=O)NS(=O)(=O)c2ccccc2)cc1. The van der Waals surface area contributed by atoms with Crippen LogP contribution < -0.4 is 9.44 Å². The summed E-state index contributed by atoms with van der Waals surface area (Å²) in [6.45, 7) is 3.52. The van der Waals surface area contributed by atoms with Crippen LogP contribution in [-0.4, -0.2) is 22.7 Å². The van der Waals surface area contributed by atoms with Gasteiger partial charge in [0.25, 0.3) is 20.0 Å². The van der Waals surface area contributed by atoms with Gasteiger partial charge in [0, 0.05) is 6.54 Å². The molecule has 0 saturated heterocycles. The second-order valence-corrected chi connectivity index (χ2v) is 8.59. The zero-order chi connectivity index (χ0) is 18.5. The maximum atomic E-state index is 12.3. The zero-order valence-electron chi connectivity index (χ0n) is 13.0. The third-order valence-corrected chi connectivity index (χ3v) is 6.70. The number of amides is 1. The summed E-state index contributed by atoms with van der Waals surface area (Å²) in [5.41, 5.74) is 0.653. The standard InChI is InChI=1S/C16H16N2O5S2/c1-2-16(19)17-12-13-8-10-15(11-9-13)25(22,23)18-24(20,21)14-6-4-3-5-7-14/h2-11,18H,1,12H2,(H,17,19). The maximum absolute atomic E-state index is 12.3. The van der Waals surface area contributed by atoms with Crippen LogP contribution in [0.5, 0.6) is 0 Å². The minimum Gasteiger partial charge on any atom is -0.348 e. The zero-order valence-corrected chi connectivity index (χ0v) is 14.7. The molecule has 25 heavy (non-hydrogen) atoms. The Morgan fingerprint density at radius 1 is 0.880 bits per heavy atom. The summed E-state index contributed by atoms with van der Waals surface area (Å²) in [5.74, 6) is -0.354. The Bertz CT molecular complexity index is 967. The van der Waals surface area contributed by atoms with Gasteiger partial charge in [-0.05, 0) is 35.9 Å². The average Bonchev–Trinajstić information content (AvgIpc) is 2.60. The molecule has 1 amide bonds. The molecule has 9 heteroatoms. The molecule has 0 spiro atoms. The van der Waals surface area contributed by atoms with Crippen LogP contribution in [0.25, 0.3) is 0 Å². The normalized spacial score (nSPS) is 11.7. The molecule has 0 aliphatic heterocycles. The molecule has 2 aromatic carbocycles. The molecule has 0 radical (unpaired) electrons. The van der Waals surface area contributed by atoms with Crippen LogP contribution in [0, 0.1) is 0 Å². The monoisotopic (exact) mass is 380 g/mol. The van der Waals surface area contributed by atoms with E-state index in [0.29, 0.717) is 5.56 Å². The number of sulfonamides is 2. The second kappa shape index (κ2) is 7.60. The lowest BCUT2D eigenvalue weighted by atomic mass is 10.2. The topological polar surface area (TPSA) is 109 Å². The Balaban J connectivity index is 2.17. The second-order valence-electron chi connectivity index (χ2n) is 4.97. The number of benzene rings is 2. The van der Waals surface area contributed by atoms with E-state index in [1.165, 1.54) is 48.5 Å². The molecule has 0 saturated carbocycles. The lowest BCUT2D eigenvalue weighted by Crippen LogP contribution is -2.30. The number of rotatable bonds is 7. The molecule has 0 bridgehead atoms. The molecular formula is C16H16N2O5S2. The molecule has 7 nitrogen and oxygen atoms in total. The third-order valence-electron chi connectivity index (χ3n) is 3.16. The van der Waals surface area contributed by atoms with Gasteiger partial charge in [-0.15, -0.1) is 4.13 Å². The van der Waals surface area contributed by atoms with E-state index in [2.05, 4.69) is 11.9 Å². The smallest absolute Gasteiger partial charge is 0.253 e. The fourth-order valence-electron chi connectivity index (χ4n) is 1.89.